The molecule has 0 amide bonds. The topological polar surface area (TPSA) is 137 Å². The molecule has 0 rings (SSSR count). The van der Waals surface area contributed by atoms with Gasteiger partial charge in [0.05, 0.1) is 26.4 Å². The second-order valence-electron chi connectivity index (χ2n) is 2.76. The fourth-order valence-corrected chi connectivity index (χ4v) is 0.994. The Bertz CT molecular complexity index is 203. The number of aliphatic hydroxyl groups is 3. The lowest BCUT2D eigenvalue weighted by Crippen LogP contribution is -2.29. The van der Waals surface area contributed by atoms with Crippen molar-refractivity contribution < 1.29 is 38.9 Å². The van der Waals surface area contributed by atoms with Crippen LogP contribution in [0.1, 0.15) is 0 Å². The fraction of sp³-hybridized carbons (Fsp3) is 1.00. The summed E-state index contributed by atoms with van der Waals surface area (Å²) < 4.78 is 19.2. The molecule has 0 spiro atoms. The van der Waals surface area contributed by atoms with Gasteiger partial charge in [0.15, 0.2) is 0 Å². The van der Waals surface area contributed by atoms with Crippen LogP contribution < -0.4 is 0 Å². The van der Waals surface area contributed by atoms with Crippen molar-refractivity contribution in [2.75, 3.05) is 26.4 Å². The maximum Gasteiger partial charge on any atom is 0.469 e. The molecule has 8 nitrogen and oxygen atoms in total. The van der Waals surface area contributed by atoms with E-state index in [4.69, 9.17) is 29.8 Å². The van der Waals surface area contributed by atoms with Gasteiger partial charge in [0.2, 0.25) is 0 Å². The van der Waals surface area contributed by atoms with E-state index >= 15 is 0 Å². The molecule has 2 atom stereocenters. The second-order valence-corrected chi connectivity index (χ2v) is 4.00. The number of aliphatic hydroxyl groups excluding tert-OH is 3. The smallest absolute Gasteiger partial charge is 0.394 e. The Hall–Kier alpha value is -0.0500. The molecule has 0 aliphatic carbocycles. The average molecular weight is 246 g/mol. The van der Waals surface area contributed by atoms with Crippen LogP contribution in [-0.4, -0.2) is 63.7 Å². The Kier molecular flexibility index (Phi) is 7.24. The molecule has 0 radical (unpaired) electrons. The van der Waals surface area contributed by atoms with E-state index in [0.29, 0.717) is 0 Å². The maximum atomic E-state index is 10.3. The molecular weight excluding hydrogens is 231 g/mol. The van der Waals surface area contributed by atoms with Gasteiger partial charge in [0.1, 0.15) is 12.2 Å². The zero-order valence-electron chi connectivity index (χ0n) is 7.89. The van der Waals surface area contributed by atoms with Gasteiger partial charge < -0.3 is 29.8 Å². The Morgan fingerprint density at radius 2 is 1.73 bits per heavy atom. The predicted molar refractivity (Wildman–Crippen MR) is 47.9 cm³/mol. The van der Waals surface area contributed by atoms with E-state index in [1.807, 2.05) is 0 Å². The summed E-state index contributed by atoms with van der Waals surface area (Å²) in [6, 6.07) is 0. The normalized spacial score (nSPS) is 16.3. The Morgan fingerprint density at radius 1 is 1.13 bits per heavy atom. The van der Waals surface area contributed by atoms with Crippen LogP contribution >= 0.6 is 7.82 Å². The van der Waals surface area contributed by atoms with Crippen molar-refractivity contribution in [2.24, 2.45) is 0 Å². The number of phosphoric acid groups is 1. The molecule has 0 heterocycles. The molecular formula is C6H15O8P. The van der Waals surface area contributed by atoms with Crippen LogP contribution in [-0.2, 0) is 13.8 Å². The summed E-state index contributed by atoms with van der Waals surface area (Å²) in [6.07, 6.45) is -2.06. The summed E-state index contributed by atoms with van der Waals surface area (Å²) in [5.41, 5.74) is 0. The molecule has 0 bridgehead atoms. The summed E-state index contributed by atoms with van der Waals surface area (Å²) in [6.45, 7) is -1.78. The number of ether oxygens (including phenoxy) is 1. The highest BCUT2D eigenvalue weighted by atomic mass is 31.2. The highest BCUT2D eigenvalue weighted by Crippen LogP contribution is 2.35. The number of rotatable bonds is 8. The summed E-state index contributed by atoms with van der Waals surface area (Å²) in [7, 11) is -4.59. The highest BCUT2D eigenvalue weighted by Gasteiger charge is 2.18. The molecule has 9 heteroatoms. The Balaban J connectivity index is 3.78. The van der Waals surface area contributed by atoms with Gasteiger partial charge >= 0.3 is 7.82 Å². The van der Waals surface area contributed by atoms with Crippen molar-refractivity contribution in [1.29, 1.82) is 0 Å². The van der Waals surface area contributed by atoms with Crippen molar-refractivity contribution in [3.05, 3.63) is 0 Å². The van der Waals surface area contributed by atoms with E-state index in [1.165, 1.54) is 0 Å². The lowest BCUT2D eigenvalue weighted by molar-refractivity contribution is -0.0626. The minimum atomic E-state index is -4.59. The minimum absolute atomic E-state index is 0.258. The third-order valence-corrected chi connectivity index (χ3v) is 1.85. The van der Waals surface area contributed by atoms with Crippen molar-refractivity contribution in [2.45, 2.75) is 12.2 Å². The first-order valence-electron chi connectivity index (χ1n) is 4.10. The van der Waals surface area contributed by atoms with Gasteiger partial charge in [-0.05, 0) is 0 Å². The molecule has 0 aliphatic heterocycles. The van der Waals surface area contributed by atoms with Crippen LogP contribution in [0, 0.1) is 0 Å². The lowest BCUT2D eigenvalue weighted by atomic mass is 10.4. The summed E-state index contributed by atoms with van der Waals surface area (Å²) in [4.78, 5) is 16.7. The molecule has 0 aromatic rings. The van der Waals surface area contributed by atoms with Gasteiger partial charge in [-0.25, -0.2) is 4.57 Å². The van der Waals surface area contributed by atoms with E-state index in [1.54, 1.807) is 0 Å². The van der Waals surface area contributed by atoms with Gasteiger partial charge in [-0.3, -0.25) is 4.52 Å². The van der Waals surface area contributed by atoms with Crippen molar-refractivity contribution >= 4 is 7.82 Å². The zero-order chi connectivity index (χ0) is 11.9. The SMILES string of the molecule is O=P(O)(O)OCC(CO)OCC(O)CO. The Morgan fingerprint density at radius 3 is 2.13 bits per heavy atom. The lowest BCUT2D eigenvalue weighted by Gasteiger charge is -2.17. The second kappa shape index (κ2) is 7.26. The van der Waals surface area contributed by atoms with Crippen molar-refractivity contribution in [1.82, 2.24) is 0 Å². The maximum absolute atomic E-state index is 10.3. The summed E-state index contributed by atoms with van der Waals surface area (Å²) in [5, 5.41) is 26.0. The standard InChI is InChI=1S/C6H15O8P/c7-1-5(9)3-13-6(2-8)4-14-15(10,11)12/h5-9H,1-4H2,(H2,10,11,12). The molecule has 0 aliphatic rings. The monoisotopic (exact) mass is 246 g/mol. The van der Waals surface area contributed by atoms with Crippen LogP contribution in [0.25, 0.3) is 0 Å². The van der Waals surface area contributed by atoms with Gasteiger partial charge in [0.25, 0.3) is 0 Å². The Labute approximate surface area is 86.3 Å². The first-order chi connectivity index (χ1) is 6.89. The molecule has 0 aromatic heterocycles. The largest absolute Gasteiger partial charge is 0.469 e. The van der Waals surface area contributed by atoms with E-state index in [-0.39, 0.29) is 6.61 Å². The molecule has 15 heavy (non-hydrogen) atoms. The summed E-state index contributed by atoms with van der Waals surface area (Å²) >= 11 is 0. The van der Waals surface area contributed by atoms with E-state index in [0.717, 1.165) is 0 Å². The number of hydrogen-bond donors (Lipinski definition) is 5. The van der Waals surface area contributed by atoms with Gasteiger partial charge in [-0.15, -0.1) is 0 Å². The molecule has 5 N–H and O–H groups in total. The first-order valence-corrected chi connectivity index (χ1v) is 5.63. The first kappa shape index (κ1) is 14.9. The molecule has 0 fully saturated rings. The van der Waals surface area contributed by atoms with Crippen LogP contribution in [0.2, 0.25) is 0 Å². The van der Waals surface area contributed by atoms with Crippen molar-refractivity contribution in [3.8, 4) is 0 Å². The van der Waals surface area contributed by atoms with Crippen LogP contribution in [0.3, 0.4) is 0 Å². The van der Waals surface area contributed by atoms with Crippen LogP contribution in [0.4, 0.5) is 0 Å². The quantitative estimate of drug-likeness (QED) is 0.305. The van der Waals surface area contributed by atoms with Crippen molar-refractivity contribution in [3.63, 3.8) is 0 Å². The zero-order valence-corrected chi connectivity index (χ0v) is 8.79. The van der Waals surface area contributed by atoms with E-state index < -0.39 is 39.9 Å². The molecule has 0 saturated heterocycles. The third kappa shape index (κ3) is 8.91. The number of phosphoric ester groups is 1. The summed E-state index contributed by atoms with van der Waals surface area (Å²) in [5.74, 6) is 0. The molecule has 2 unspecified atom stereocenters. The van der Waals surface area contributed by atoms with Gasteiger partial charge in [-0.2, -0.15) is 0 Å². The molecule has 0 aromatic carbocycles. The predicted octanol–water partition coefficient (Wildman–Crippen LogP) is -2.17. The molecule has 0 saturated carbocycles. The highest BCUT2D eigenvalue weighted by molar-refractivity contribution is 7.46. The average Bonchev–Trinajstić information content (AvgIpc) is 2.16. The molecule has 92 valence electrons. The van der Waals surface area contributed by atoms with E-state index in [9.17, 15) is 4.57 Å². The van der Waals surface area contributed by atoms with Gasteiger partial charge in [-0.1, -0.05) is 0 Å². The van der Waals surface area contributed by atoms with E-state index in [2.05, 4.69) is 4.52 Å². The third-order valence-electron chi connectivity index (χ3n) is 1.37. The van der Waals surface area contributed by atoms with Crippen LogP contribution in [0.5, 0.6) is 0 Å². The number of hydrogen-bond acceptors (Lipinski definition) is 6. The minimum Gasteiger partial charge on any atom is -0.394 e. The van der Waals surface area contributed by atoms with Gasteiger partial charge in [0, 0.05) is 0 Å². The fourth-order valence-electron chi connectivity index (χ4n) is 0.634. The van der Waals surface area contributed by atoms with Crippen LogP contribution in [0.15, 0.2) is 0 Å².